The summed E-state index contributed by atoms with van der Waals surface area (Å²) in [6.07, 6.45) is 1.63. The zero-order valence-electron chi connectivity index (χ0n) is 10.8. The molecule has 0 bridgehead atoms. The van der Waals surface area contributed by atoms with Gasteiger partial charge in [0.2, 0.25) is 0 Å². The highest BCUT2D eigenvalue weighted by atomic mass is 16.6. The van der Waals surface area contributed by atoms with Crippen LogP contribution in [0, 0.1) is 0 Å². The molecule has 20 heavy (non-hydrogen) atoms. The van der Waals surface area contributed by atoms with Crippen LogP contribution in [0.15, 0.2) is 36.5 Å². The van der Waals surface area contributed by atoms with Gasteiger partial charge in [0.1, 0.15) is 0 Å². The van der Waals surface area contributed by atoms with E-state index in [-0.39, 0.29) is 17.6 Å². The quantitative estimate of drug-likeness (QED) is 0.765. The Hall–Kier alpha value is -2.25. The van der Waals surface area contributed by atoms with Crippen molar-refractivity contribution in [3.8, 4) is 0 Å². The van der Waals surface area contributed by atoms with Crippen LogP contribution >= 0.6 is 0 Å². The molecule has 0 unspecified atom stereocenters. The molecule has 0 saturated carbocycles. The third kappa shape index (κ3) is 2.84. The SMILES string of the molecule is O=C(NOCc1ccccc1)c1cn(C2CNC2)nn1. The standard InChI is InChI=1S/C13H15N5O2/c19-13(16-20-9-10-4-2-1-3-5-10)12-8-18(17-15-12)11-6-14-7-11/h1-5,8,11,14H,6-7,9H2,(H,16,19). The first kappa shape index (κ1) is 12.8. The Morgan fingerprint density at radius 1 is 1.40 bits per heavy atom. The molecule has 0 atom stereocenters. The fourth-order valence-electron chi connectivity index (χ4n) is 1.83. The minimum atomic E-state index is -0.389. The smallest absolute Gasteiger partial charge is 0.297 e. The molecular formula is C13H15N5O2. The predicted octanol–water partition coefficient (Wildman–Crippen LogP) is 0.284. The number of aromatic nitrogens is 3. The Balaban J connectivity index is 1.50. The zero-order chi connectivity index (χ0) is 13.8. The monoisotopic (exact) mass is 273 g/mol. The van der Waals surface area contributed by atoms with Gasteiger partial charge in [0, 0.05) is 13.1 Å². The molecule has 1 aromatic carbocycles. The summed E-state index contributed by atoms with van der Waals surface area (Å²) in [5, 5.41) is 10.9. The molecule has 1 amide bonds. The van der Waals surface area contributed by atoms with Crippen molar-refractivity contribution in [3.63, 3.8) is 0 Å². The molecule has 7 nitrogen and oxygen atoms in total. The summed E-state index contributed by atoms with van der Waals surface area (Å²) in [5.74, 6) is -0.389. The fourth-order valence-corrected chi connectivity index (χ4v) is 1.83. The highest BCUT2D eigenvalue weighted by Crippen LogP contribution is 2.09. The van der Waals surface area contributed by atoms with E-state index in [1.807, 2.05) is 30.3 Å². The molecule has 0 spiro atoms. The van der Waals surface area contributed by atoms with E-state index in [0.717, 1.165) is 18.7 Å². The van der Waals surface area contributed by atoms with Crippen LogP contribution in [0.1, 0.15) is 22.1 Å². The van der Waals surface area contributed by atoms with Crippen molar-refractivity contribution >= 4 is 5.91 Å². The number of rotatable bonds is 5. The Kier molecular flexibility index (Phi) is 3.71. The lowest BCUT2D eigenvalue weighted by molar-refractivity contribution is 0.0229. The minimum absolute atomic E-state index is 0.255. The summed E-state index contributed by atoms with van der Waals surface area (Å²) in [6.45, 7) is 2.02. The second-order valence-electron chi connectivity index (χ2n) is 4.60. The summed E-state index contributed by atoms with van der Waals surface area (Å²) in [5.41, 5.74) is 3.60. The van der Waals surface area contributed by atoms with Crippen molar-refractivity contribution in [2.45, 2.75) is 12.6 Å². The lowest BCUT2D eigenvalue weighted by atomic mass is 10.2. The number of hydrogen-bond acceptors (Lipinski definition) is 5. The van der Waals surface area contributed by atoms with E-state index in [9.17, 15) is 4.79 Å². The Labute approximate surface area is 115 Å². The number of amides is 1. The number of benzene rings is 1. The lowest BCUT2D eigenvalue weighted by Crippen LogP contribution is -2.43. The zero-order valence-corrected chi connectivity index (χ0v) is 10.8. The predicted molar refractivity (Wildman–Crippen MR) is 70.6 cm³/mol. The van der Waals surface area contributed by atoms with Gasteiger partial charge in [-0.15, -0.1) is 5.10 Å². The van der Waals surface area contributed by atoms with Gasteiger partial charge in [0.05, 0.1) is 18.8 Å². The molecule has 2 heterocycles. The topological polar surface area (TPSA) is 81.1 Å². The van der Waals surface area contributed by atoms with Crippen molar-refractivity contribution < 1.29 is 9.63 Å². The maximum Gasteiger partial charge on any atom is 0.297 e. The van der Waals surface area contributed by atoms with Gasteiger partial charge in [-0.25, -0.2) is 10.2 Å². The van der Waals surface area contributed by atoms with Crippen LogP contribution in [0.2, 0.25) is 0 Å². The van der Waals surface area contributed by atoms with Crippen LogP contribution in [-0.4, -0.2) is 34.0 Å². The Morgan fingerprint density at radius 2 is 2.20 bits per heavy atom. The first-order chi connectivity index (χ1) is 9.83. The molecule has 1 aliphatic heterocycles. The van der Waals surface area contributed by atoms with Crippen molar-refractivity contribution in [2.24, 2.45) is 0 Å². The van der Waals surface area contributed by atoms with E-state index in [1.165, 1.54) is 0 Å². The summed E-state index contributed by atoms with van der Waals surface area (Å²) >= 11 is 0. The van der Waals surface area contributed by atoms with E-state index in [0.29, 0.717) is 6.61 Å². The first-order valence-electron chi connectivity index (χ1n) is 6.41. The maximum atomic E-state index is 11.8. The molecule has 3 rings (SSSR count). The third-order valence-electron chi connectivity index (χ3n) is 3.12. The van der Waals surface area contributed by atoms with Crippen LogP contribution in [0.25, 0.3) is 0 Å². The lowest BCUT2D eigenvalue weighted by Gasteiger charge is -2.26. The summed E-state index contributed by atoms with van der Waals surface area (Å²) < 4.78 is 1.70. The third-order valence-corrected chi connectivity index (χ3v) is 3.12. The van der Waals surface area contributed by atoms with Crippen molar-refractivity contribution in [1.82, 2.24) is 25.8 Å². The van der Waals surface area contributed by atoms with Gasteiger partial charge in [-0.2, -0.15) is 0 Å². The van der Waals surface area contributed by atoms with Crippen LogP contribution in [-0.2, 0) is 11.4 Å². The average molecular weight is 273 g/mol. The number of carbonyl (C=O) groups is 1. The summed E-state index contributed by atoms with van der Waals surface area (Å²) in [6, 6.07) is 9.89. The van der Waals surface area contributed by atoms with Gasteiger partial charge in [-0.1, -0.05) is 35.5 Å². The van der Waals surface area contributed by atoms with Crippen molar-refractivity contribution in [2.75, 3.05) is 13.1 Å². The average Bonchev–Trinajstić information content (AvgIpc) is 2.87. The van der Waals surface area contributed by atoms with E-state index >= 15 is 0 Å². The summed E-state index contributed by atoms with van der Waals surface area (Å²) in [4.78, 5) is 17.0. The van der Waals surface area contributed by atoms with Crippen LogP contribution in [0.3, 0.4) is 0 Å². The van der Waals surface area contributed by atoms with E-state index in [1.54, 1.807) is 10.9 Å². The minimum Gasteiger partial charge on any atom is -0.312 e. The molecule has 2 aromatic rings. The highest BCUT2D eigenvalue weighted by Gasteiger charge is 2.21. The maximum absolute atomic E-state index is 11.8. The summed E-state index contributed by atoms with van der Waals surface area (Å²) in [7, 11) is 0. The largest absolute Gasteiger partial charge is 0.312 e. The second kappa shape index (κ2) is 5.81. The highest BCUT2D eigenvalue weighted by molar-refractivity contribution is 5.91. The number of hydroxylamine groups is 1. The molecule has 2 N–H and O–H groups in total. The molecule has 1 fully saturated rings. The molecule has 0 aliphatic carbocycles. The normalized spacial score (nSPS) is 14.8. The number of carbonyl (C=O) groups excluding carboxylic acids is 1. The Morgan fingerprint density at radius 3 is 2.90 bits per heavy atom. The van der Waals surface area contributed by atoms with Gasteiger partial charge >= 0.3 is 0 Å². The molecule has 1 aromatic heterocycles. The molecule has 0 radical (unpaired) electrons. The van der Waals surface area contributed by atoms with E-state index < -0.39 is 0 Å². The molecular weight excluding hydrogens is 258 g/mol. The molecule has 104 valence electrons. The number of nitrogens with zero attached hydrogens (tertiary/aromatic N) is 3. The number of hydrogen-bond donors (Lipinski definition) is 2. The van der Waals surface area contributed by atoms with Crippen molar-refractivity contribution in [1.29, 1.82) is 0 Å². The first-order valence-corrected chi connectivity index (χ1v) is 6.41. The number of nitrogens with one attached hydrogen (secondary N) is 2. The Bertz CT molecular complexity index is 579. The molecule has 7 heteroatoms. The van der Waals surface area contributed by atoms with Gasteiger partial charge < -0.3 is 5.32 Å². The van der Waals surface area contributed by atoms with Gasteiger partial charge in [0.25, 0.3) is 5.91 Å². The molecule has 1 aliphatic rings. The van der Waals surface area contributed by atoms with Crippen LogP contribution in [0.5, 0.6) is 0 Å². The molecule has 1 saturated heterocycles. The fraction of sp³-hybridized carbons (Fsp3) is 0.308. The van der Waals surface area contributed by atoms with Crippen molar-refractivity contribution in [3.05, 3.63) is 47.8 Å². The van der Waals surface area contributed by atoms with Gasteiger partial charge in [-0.3, -0.25) is 9.63 Å². The van der Waals surface area contributed by atoms with E-state index in [4.69, 9.17) is 4.84 Å². The second-order valence-corrected chi connectivity index (χ2v) is 4.60. The van der Waals surface area contributed by atoms with Crippen LogP contribution < -0.4 is 10.8 Å². The van der Waals surface area contributed by atoms with Gasteiger partial charge in [-0.05, 0) is 5.56 Å². The van der Waals surface area contributed by atoms with E-state index in [2.05, 4.69) is 21.1 Å². The van der Waals surface area contributed by atoms with Gasteiger partial charge in [0.15, 0.2) is 5.69 Å². The van der Waals surface area contributed by atoms with Crippen LogP contribution in [0.4, 0.5) is 0 Å².